The molecular weight excluding hydrogens is 202 g/mol. The van der Waals surface area contributed by atoms with Crippen molar-refractivity contribution in [2.75, 3.05) is 25.2 Å². The molecule has 0 bridgehead atoms. The lowest BCUT2D eigenvalue weighted by molar-refractivity contribution is -0.145. The SMILES string of the molecule is CCOC(=O)C(C)NCCCS(C)=O. The number of hydrogen-bond acceptors (Lipinski definition) is 4. The van der Waals surface area contributed by atoms with Crippen LogP contribution in [0.4, 0.5) is 0 Å². The first kappa shape index (κ1) is 13.6. The maximum absolute atomic E-state index is 11.1. The van der Waals surface area contributed by atoms with Gasteiger partial charge in [0.25, 0.3) is 0 Å². The van der Waals surface area contributed by atoms with Crippen molar-refractivity contribution in [2.45, 2.75) is 26.3 Å². The Balaban J connectivity index is 3.48. The highest BCUT2D eigenvalue weighted by atomic mass is 32.2. The van der Waals surface area contributed by atoms with Crippen molar-refractivity contribution in [1.82, 2.24) is 5.32 Å². The lowest BCUT2D eigenvalue weighted by atomic mass is 10.3. The second-order valence-corrected chi connectivity index (χ2v) is 4.61. The molecule has 1 N–H and O–H groups in total. The lowest BCUT2D eigenvalue weighted by Crippen LogP contribution is -2.36. The van der Waals surface area contributed by atoms with E-state index in [-0.39, 0.29) is 12.0 Å². The van der Waals surface area contributed by atoms with Crippen molar-refractivity contribution < 1.29 is 13.7 Å². The Morgan fingerprint density at radius 2 is 2.21 bits per heavy atom. The third kappa shape index (κ3) is 7.03. The lowest BCUT2D eigenvalue weighted by Gasteiger charge is -2.11. The van der Waals surface area contributed by atoms with Crippen LogP contribution in [0.1, 0.15) is 20.3 Å². The summed E-state index contributed by atoms with van der Waals surface area (Å²) in [7, 11) is -0.751. The van der Waals surface area contributed by atoms with Crippen LogP contribution in [0.5, 0.6) is 0 Å². The zero-order valence-electron chi connectivity index (χ0n) is 9.04. The van der Waals surface area contributed by atoms with Gasteiger partial charge in [0, 0.05) is 22.8 Å². The van der Waals surface area contributed by atoms with Crippen LogP contribution < -0.4 is 5.32 Å². The number of hydrogen-bond donors (Lipinski definition) is 1. The van der Waals surface area contributed by atoms with E-state index in [4.69, 9.17) is 4.74 Å². The van der Waals surface area contributed by atoms with E-state index in [0.29, 0.717) is 18.9 Å². The number of nitrogens with one attached hydrogen (secondary N) is 1. The summed E-state index contributed by atoms with van der Waals surface area (Å²) in [6, 6.07) is -0.278. The zero-order chi connectivity index (χ0) is 11.0. The third-order valence-electron chi connectivity index (χ3n) is 1.70. The summed E-state index contributed by atoms with van der Waals surface area (Å²) in [4.78, 5) is 11.1. The molecule has 84 valence electrons. The quantitative estimate of drug-likeness (QED) is 0.496. The molecule has 2 atom stereocenters. The molecule has 0 aromatic heterocycles. The van der Waals surface area contributed by atoms with Gasteiger partial charge in [-0.25, -0.2) is 0 Å². The number of esters is 1. The van der Waals surface area contributed by atoms with Crippen LogP contribution in [0.25, 0.3) is 0 Å². The van der Waals surface area contributed by atoms with E-state index in [0.717, 1.165) is 6.42 Å². The molecule has 0 aromatic carbocycles. The fraction of sp³-hybridized carbons (Fsp3) is 0.889. The highest BCUT2D eigenvalue weighted by Crippen LogP contribution is 1.89. The fourth-order valence-electron chi connectivity index (χ4n) is 0.945. The maximum atomic E-state index is 11.1. The van der Waals surface area contributed by atoms with Crippen LogP contribution in [0, 0.1) is 0 Å². The molecular formula is C9H19NO3S. The first-order valence-electron chi connectivity index (χ1n) is 4.78. The number of carbonyl (C=O) groups is 1. The predicted molar refractivity (Wildman–Crippen MR) is 57.6 cm³/mol. The molecule has 0 aliphatic rings. The highest BCUT2D eigenvalue weighted by Gasteiger charge is 2.11. The number of carbonyl (C=O) groups excluding carboxylic acids is 1. The molecule has 0 saturated carbocycles. The maximum Gasteiger partial charge on any atom is 0.322 e. The molecule has 0 aliphatic heterocycles. The van der Waals surface area contributed by atoms with Gasteiger partial charge >= 0.3 is 5.97 Å². The molecule has 0 aliphatic carbocycles. The van der Waals surface area contributed by atoms with Crippen LogP contribution in [-0.4, -0.2) is 41.4 Å². The van der Waals surface area contributed by atoms with Crippen LogP contribution in [0.15, 0.2) is 0 Å². The van der Waals surface area contributed by atoms with Gasteiger partial charge in [-0.15, -0.1) is 0 Å². The molecule has 0 saturated heterocycles. The van der Waals surface area contributed by atoms with Crippen molar-refractivity contribution in [1.29, 1.82) is 0 Å². The minimum atomic E-state index is -0.751. The molecule has 0 aromatic rings. The molecule has 0 fully saturated rings. The molecule has 5 heteroatoms. The van der Waals surface area contributed by atoms with Gasteiger partial charge in [0.05, 0.1) is 6.61 Å². The van der Waals surface area contributed by atoms with Crippen LogP contribution in [0.3, 0.4) is 0 Å². The Kier molecular flexibility index (Phi) is 7.70. The third-order valence-corrected chi connectivity index (χ3v) is 2.56. The number of rotatable bonds is 7. The first-order chi connectivity index (χ1) is 6.57. The Morgan fingerprint density at radius 3 is 2.71 bits per heavy atom. The summed E-state index contributed by atoms with van der Waals surface area (Å²) < 4.78 is 15.5. The van der Waals surface area contributed by atoms with Gasteiger partial charge < -0.3 is 10.1 Å². The van der Waals surface area contributed by atoms with Gasteiger partial charge in [-0.05, 0) is 26.8 Å². The van der Waals surface area contributed by atoms with E-state index >= 15 is 0 Å². The van der Waals surface area contributed by atoms with Gasteiger partial charge in [-0.1, -0.05) is 0 Å². The van der Waals surface area contributed by atoms with Gasteiger partial charge in [-0.3, -0.25) is 9.00 Å². The summed E-state index contributed by atoms with van der Waals surface area (Å²) in [5, 5.41) is 3.01. The summed E-state index contributed by atoms with van der Waals surface area (Å²) in [5.74, 6) is 0.438. The van der Waals surface area contributed by atoms with Crippen LogP contribution >= 0.6 is 0 Å². The summed E-state index contributed by atoms with van der Waals surface area (Å²) in [6.45, 7) is 4.65. The first-order valence-corrected chi connectivity index (χ1v) is 6.50. The Labute approximate surface area is 87.9 Å². The standard InChI is InChI=1S/C9H19NO3S/c1-4-13-9(11)8(2)10-6-5-7-14(3)12/h8,10H,4-7H2,1-3H3. The molecule has 0 radical (unpaired) electrons. The van der Waals surface area contributed by atoms with Gasteiger partial charge in [-0.2, -0.15) is 0 Å². The van der Waals surface area contributed by atoms with Crippen molar-refractivity contribution in [2.24, 2.45) is 0 Å². The van der Waals surface area contributed by atoms with Gasteiger partial charge in [0.2, 0.25) is 0 Å². The minimum Gasteiger partial charge on any atom is -0.465 e. The zero-order valence-corrected chi connectivity index (χ0v) is 9.86. The molecule has 0 heterocycles. The average Bonchev–Trinajstić information content (AvgIpc) is 2.12. The van der Waals surface area contributed by atoms with Gasteiger partial charge in [0.1, 0.15) is 6.04 Å². The smallest absolute Gasteiger partial charge is 0.322 e. The average molecular weight is 221 g/mol. The van der Waals surface area contributed by atoms with E-state index in [9.17, 15) is 9.00 Å². The number of ether oxygens (including phenoxy) is 1. The van der Waals surface area contributed by atoms with Crippen molar-refractivity contribution in [3.63, 3.8) is 0 Å². The summed E-state index contributed by atoms with van der Waals surface area (Å²) in [6.07, 6.45) is 2.49. The highest BCUT2D eigenvalue weighted by molar-refractivity contribution is 7.84. The summed E-state index contributed by atoms with van der Waals surface area (Å²) in [5.41, 5.74) is 0. The topological polar surface area (TPSA) is 55.4 Å². The second-order valence-electron chi connectivity index (χ2n) is 3.06. The monoisotopic (exact) mass is 221 g/mol. The normalized spacial score (nSPS) is 14.8. The van der Waals surface area contributed by atoms with Crippen molar-refractivity contribution in [3.05, 3.63) is 0 Å². The van der Waals surface area contributed by atoms with E-state index < -0.39 is 10.8 Å². The largest absolute Gasteiger partial charge is 0.465 e. The molecule has 14 heavy (non-hydrogen) atoms. The Morgan fingerprint density at radius 1 is 1.57 bits per heavy atom. The molecule has 2 unspecified atom stereocenters. The summed E-state index contributed by atoms with van der Waals surface area (Å²) >= 11 is 0. The van der Waals surface area contributed by atoms with E-state index in [1.54, 1.807) is 20.1 Å². The van der Waals surface area contributed by atoms with Crippen molar-refractivity contribution >= 4 is 16.8 Å². The Hall–Kier alpha value is -0.420. The van der Waals surface area contributed by atoms with Crippen molar-refractivity contribution in [3.8, 4) is 0 Å². The predicted octanol–water partition coefficient (Wildman–Crippen LogP) is 0.296. The van der Waals surface area contributed by atoms with Crippen LogP contribution in [-0.2, 0) is 20.3 Å². The van der Waals surface area contributed by atoms with E-state index in [1.165, 1.54) is 0 Å². The molecule has 0 rings (SSSR count). The minimum absolute atomic E-state index is 0.231. The molecule has 0 amide bonds. The second kappa shape index (κ2) is 7.94. The van der Waals surface area contributed by atoms with E-state index in [2.05, 4.69) is 5.32 Å². The van der Waals surface area contributed by atoms with E-state index in [1.807, 2.05) is 0 Å². The molecule has 0 spiro atoms. The Bertz CT molecular complexity index is 196. The van der Waals surface area contributed by atoms with Crippen LogP contribution in [0.2, 0.25) is 0 Å². The molecule has 4 nitrogen and oxygen atoms in total. The van der Waals surface area contributed by atoms with Gasteiger partial charge in [0.15, 0.2) is 0 Å². The fourth-order valence-corrected chi connectivity index (χ4v) is 1.50.